The van der Waals surface area contributed by atoms with Crippen LogP contribution in [0.2, 0.25) is 0 Å². The van der Waals surface area contributed by atoms with Gasteiger partial charge in [-0.1, -0.05) is 6.07 Å². The van der Waals surface area contributed by atoms with Gasteiger partial charge in [-0.25, -0.2) is 0 Å². The van der Waals surface area contributed by atoms with Crippen molar-refractivity contribution in [1.29, 1.82) is 0 Å². The summed E-state index contributed by atoms with van der Waals surface area (Å²) in [5.74, 6) is 1.09. The fourth-order valence-corrected chi connectivity index (χ4v) is 5.46. The average molecular weight is 377 g/mol. The van der Waals surface area contributed by atoms with Crippen molar-refractivity contribution in [3.05, 3.63) is 22.4 Å². The Morgan fingerprint density at radius 2 is 2.23 bits per heavy atom. The Bertz CT molecular complexity index is 591. The second kappa shape index (κ2) is 8.28. The Morgan fingerprint density at radius 1 is 1.35 bits per heavy atom. The molecule has 1 aromatic rings. The van der Waals surface area contributed by atoms with E-state index in [2.05, 4.69) is 39.6 Å². The van der Waals surface area contributed by atoms with Crippen molar-refractivity contribution >= 4 is 17.3 Å². The van der Waals surface area contributed by atoms with Gasteiger partial charge in [0.25, 0.3) is 0 Å². The molecule has 26 heavy (non-hydrogen) atoms. The second-order valence-corrected chi connectivity index (χ2v) is 8.92. The smallest absolute Gasteiger partial charge is 0.194 e. The molecule has 0 saturated carbocycles. The van der Waals surface area contributed by atoms with Crippen molar-refractivity contribution in [3.63, 3.8) is 0 Å². The van der Waals surface area contributed by atoms with Crippen LogP contribution in [0, 0.1) is 5.41 Å². The monoisotopic (exact) mass is 376 g/mol. The van der Waals surface area contributed by atoms with Gasteiger partial charge in [0, 0.05) is 36.5 Å². The van der Waals surface area contributed by atoms with Gasteiger partial charge in [-0.3, -0.25) is 9.89 Å². The third-order valence-corrected chi connectivity index (χ3v) is 7.10. The number of ether oxygens (including phenoxy) is 1. The van der Waals surface area contributed by atoms with Crippen molar-refractivity contribution in [2.75, 3.05) is 52.5 Å². The minimum Gasteiger partial charge on any atom is -0.381 e. The quantitative estimate of drug-likeness (QED) is 0.634. The summed E-state index contributed by atoms with van der Waals surface area (Å²) in [6, 6.07) is 4.87. The standard InChI is InChI=1S/C20H32N4OS/c1-2-21-19(24-11-7-20(15-24)8-12-25-16-20)22-14-17(18-6-5-13-26-18)23-9-3-4-10-23/h5-6,13,17H,2-4,7-12,14-16H2,1H3,(H,21,22). The van der Waals surface area contributed by atoms with E-state index in [9.17, 15) is 0 Å². The van der Waals surface area contributed by atoms with Gasteiger partial charge in [0.2, 0.25) is 0 Å². The van der Waals surface area contributed by atoms with Gasteiger partial charge < -0.3 is 15.0 Å². The van der Waals surface area contributed by atoms with Crippen LogP contribution in [0.4, 0.5) is 0 Å². The lowest BCUT2D eigenvalue weighted by Gasteiger charge is -2.28. The lowest BCUT2D eigenvalue weighted by molar-refractivity contribution is 0.156. The summed E-state index contributed by atoms with van der Waals surface area (Å²) in [5.41, 5.74) is 0.373. The number of rotatable bonds is 5. The molecular formula is C20H32N4OS. The zero-order valence-corrected chi connectivity index (χ0v) is 16.8. The topological polar surface area (TPSA) is 40.1 Å². The number of guanidine groups is 1. The molecule has 6 heteroatoms. The van der Waals surface area contributed by atoms with Crippen LogP contribution in [-0.2, 0) is 4.74 Å². The van der Waals surface area contributed by atoms with Crippen LogP contribution in [0.3, 0.4) is 0 Å². The molecule has 0 aromatic carbocycles. The molecular weight excluding hydrogens is 344 g/mol. The summed E-state index contributed by atoms with van der Waals surface area (Å²) >= 11 is 1.87. The molecule has 3 aliphatic heterocycles. The van der Waals surface area contributed by atoms with Gasteiger partial charge in [0.05, 0.1) is 19.2 Å². The van der Waals surface area contributed by atoms with Crippen molar-refractivity contribution in [3.8, 4) is 0 Å². The Hall–Kier alpha value is -1.11. The van der Waals surface area contributed by atoms with E-state index >= 15 is 0 Å². The minimum absolute atomic E-state index is 0.373. The maximum absolute atomic E-state index is 5.69. The van der Waals surface area contributed by atoms with E-state index in [0.29, 0.717) is 11.5 Å². The van der Waals surface area contributed by atoms with Crippen LogP contribution < -0.4 is 5.32 Å². The van der Waals surface area contributed by atoms with Gasteiger partial charge in [0.1, 0.15) is 0 Å². The Morgan fingerprint density at radius 3 is 2.92 bits per heavy atom. The molecule has 1 spiro atoms. The molecule has 3 fully saturated rings. The SMILES string of the molecule is CCNC(=NCC(c1cccs1)N1CCCC1)N1CCC2(CCOC2)C1. The molecule has 3 saturated heterocycles. The molecule has 0 bridgehead atoms. The fraction of sp³-hybridized carbons (Fsp3) is 0.750. The number of aliphatic imine (C=N–C) groups is 1. The zero-order chi connectivity index (χ0) is 17.8. The zero-order valence-electron chi connectivity index (χ0n) is 16.0. The number of hydrogen-bond donors (Lipinski definition) is 1. The molecule has 3 aliphatic rings. The van der Waals surface area contributed by atoms with Crippen LogP contribution in [-0.4, -0.2) is 68.2 Å². The van der Waals surface area contributed by atoms with Crippen LogP contribution in [0.25, 0.3) is 0 Å². The first-order valence-corrected chi connectivity index (χ1v) is 11.1. The highest BCUT2D eigenvalue weighted by Crippen LogP contribution is 2.38. The number of hydrogen-bond acceptors (Lipinski definition) is 4. The molecule has 1 aromatic heterocycles. The molecule has 0 amide bonds. The van der Waals surface area contributed by atoms with Crippen molar-refractivity contribution in [1.82, 2.24) is 15.1 Å². The highest BCUT2D eigenvalue weighted by molar-refractivity contribution is 7.10. The Balaban J connectivity index is 1.47. The first kappa shape index (κ1) is 18.3. The molecule has 2 unspecified atom stereocenters. The van der Waals surface area contributed by atoms with Crippen LogP contribution in [0.1, 0.15) is 43.5 Å². The van der Waals surface area contributed by atoms with E-state index < -0.39 is 0 Å². The van der Waals surface area contributed by atoms with E-state index in [1.807, 2.05) is 11.3 Å². The van der Waals surface area contributed by atoms with Gasteiger partial charge in [-0.15, -0.1) is 11.3 Å². The lowest BCUT2D eigenvalue weighted by Crippen LogP contribution is -2.42. The molecule has 1 N–H and O–H groups in total. The maximum Gasteiger partial charge on any atom is 0.194 e. The van der Waals surface area contributed by atoms with Gasteiger partial charge >= 0.3 is 0 Å². The minimum atomic E-state index is 0.373. The number of nitrogens with zero attached hydrogens (tertiary/aromatic N) is 3. The highest BCUT2D eigenvalue weighted by atomic mass is 32.1. The van der Waals surface area contributed by atoms with E-state index in [1.54, 1.807) is 0 Å². The Kier molecular flexibility index (Phi) is 5.81. The van der Waals surface area contributed by atoms with E-state index in [1.165, 1.54) is 43.6 Å². The molecule has 4 heterocycles. The van der Waals surface area contributed by atoms with E-state index in [0.717, 1.165) is 45.4 Å². The van der Waals surface area contributed by atoms with Crippen LogP contribution in [0.15, 0.2) is 22.5 Å². The first-order valence-electron chi connectivity index (χ1n) is 10.2. The summed E-state index contributed by atoms with van der Waals surface area (Å²) in [7, 11) is 0. The third-order valence-electron chi connectivity index (χ3n) is 6.12. The maximum atomic E-state index is 5.69. The third kappa shape index (κ3) is 3.92. The van der Waals surface area contributed by atoms with Crippen molar-refractivity contribution in [2.24, 2.45) is 10.4 Å². The lowest BCUT2D eigenvalue weighted by atomic mass is 9.87. The summed E-state index contributed by atoms with van der Waals surface area (Å²) in [6.45, 7) is 10.4. The van der Waals surface area contributed by atoms with Gasteiger partial charge in [-0.2, -0.15) is 0 Å². The number of likely N-dealkylation sites (tertiary alicyclic amines) is 2. The summed E-state index contributed by atoms with van der Waals surface area (Å²) < 4.78 is 5.69. The molecule has 2 atom stereocenters. The number of thiophene rings is 1. The molecule has 4 rings (SSSR count). The average Bonchev–Trinajstić information content (AvgIpc) is 3.45. The molecule has 5 nitrogen and oxygen atoms in total. The predicted octanol–water partition coefficient (Wildman–Crippen LogP) is 2.96. The van der Waals surface area contributed by atoms with E-state index in [-0.39, 0.29) is 0 Å². The van der Waals surface area contributed by atoms with Gasteiger partial charge in [0.15, 0.2) is 5.96 Å². The highest BCUT2D eigenvalue weighted by Gasteiger charge is 2.42. The molecule has 0 aliphatic carbocycles. The van der Waals surface area contributed by atoms with Crippen LogP contribution >= 0.6 is 11.3 Å². The predicted molar refractivity (Wildman–Crippen MR) is 108 cm³/mol. The van der Waals surface area contributed by atoms with Crippen molar-refractivity contribution < 1.29 is 4.74 Å². The van der Waals surface area contributed by atoms with Crippen LogP contribution in [0.5, 0.6) is 0 Å². The fourth-order valence-electron chi connectivity index (χ4n) is 4.61. The first-order chi connectivity index (χ1) is 12.8. The second-order valence-electron chi connectivity index (χ2n) is 7.94. The summed E-state index contributed by atoms with van der Waals surface area (Å²) in [4.78, 5) is 11.6. The summed E-state index contributed by atoms with van der Waals surface area (Å²) in [5, 5.41) is 5.73. The normalized spacial score (nSPS) is 28.3. The van der Waals surface area contributed by atoms with Gasteiger partial charge in [-0.05, 0) is 57.1 Å². The largest absolute Gasteiger partial charge is 0.381 e. The van der Waals surface area contributed by atoms with E-state index in [4.69, 9.17) is 9.73 Å². The number of nitrogens with one attached hydrogen (secondary N) is 1. The van der Waals surface area contributed by atoms with Crippen molar-refractivity contribution in [2.45, 2.75) is 38.6 Å². The summed E-state index contributed by atoms with van der Waals surface area (Å²) in [6.07, 6.45) is 5.08. The Labute approximate surface area is 161 Å². The molecule has 0 radical (unpaired) electrons. The molecule has 144 valence electrons.